The van der Waals surface area contributed by atoms with Crippen LogP contribution in [0.25, 0.3) is 60.6 Å². The van der Waals surface area contributed by atoms with Gasteiger partial charge in [-0.3, -0.25) is 19.2 Å². The van der Waals surface area contributed by atoms with Gasteiger partial charge < -0.3 is 9.47 Å². The molecule has 0 aliphatic heterocycles. The fraction of sp³-hybridized carbons (Fsp3) is 0.514. The van der Waals surface area contributed by atoms with Gasteiger partial charge in [0.05, 0.1) is 5.92 Å². The van der Waals surface area contributed by atoms with Gasteiger partial charge in [0.15, 0.2) is 11.6 Å². The van der Waals surface area contributed by atoms with Crippen LogP contribution in [0, 0.1) is 0 Å². The first-order valence-electron chi connectivity index (χ1n) is 30.7. The maximum absolute atomic E-state index is 14.5. The Morgan fingerprint density at radius 3 is 1.30 bits per heavy atom. The molecule has 1 atom stereocenters. The number of ether oxygens (including phenoxy) is 2. The Labute approximate surface area is 454 Å². The normalized spacial score (nSPS) is 14.1. The highest BCUT2D eigenvalue weighted by atomic mass is 16.5. The molecule has 402 valence electrons. The van der Waals surface area contributed by atoms with Crippen LogP contribution in [0.15, 0.2) is 72.8 Å². The van der Waals surface area contributed by atoms with Gasteiger partial charge in [0.2, 0.25) is 0 Å². The summed E-state index contributed by atoms with van der Waals surface area (Å²) in [5, 5.41) is 5.64. The van der Waals surface area contributed by atoms with E-state index >= 15 is 0 Å². The monoisotopic (exact) mass is 1020 g/mol. The predicted molar refractivity (Wildman–Crippen MR) is 315 cm³/mol. The number of benzene rings is 6. The van der Waals surface area contributed by atoms with Crippen molar-refractivity contribution >= 4 is 61.9 Å². The van der Waals surface area contributed by atoms with E-state index in [1.807, 2.05) is 72.8 Å². The molecular formula is C70H86O6. The molecule has 3 aliphatic carbocycles. The number of unbranched alkanes of at least 4 members (excludes halogenated alkanes) is 28. The average Bonchev–Trinajstić information content (AvgIpc) is 3.62. The van der Waals surface area contributed by atoms with Crippen molar-refractivity contribution < 1.29 is 28.7 Å². The van der Waals surface area contributed by atoms with Gasteiger partial charge >= 0.3 is 11.9 Å². The second kappa shape index (κ2) is 27.6. The highest BCUT2D eigenvalue weighted by Gasteiger charge is 2.38. The molecule has 0 bridgehead atoms. The second-order valence-corrected chi connectivity index (χ2v) is 22.8. The third kappa shape index (κ3) is 12.7. The third-order valence-corrected chi connectivity index (χ3v) is 17.2. The molecule has 0 saturated heterocycles. The molecule has 9 rings (SSSR count). The van der Waals surface area contributed by atoms with Crippen molar-refractivity contribution in [3.63, 3.8) is 0 Å². The first-order valence-corrected chi connectivity index (χ1v) is 30.7. The zero-order valence-corrected chi connectivity index (χ0v) is 46.4. The fourth-order valence-corrected chi connectivity index (χ4v) is 13.1. The van der Waals surface area contributed by atoms with Crippen molar-refractivity contribution in [1.29, 1.82) is 0 Å². The lowest BCUT2D eigenvalue weighted by Crippen LogP contribution is -2.26. The summed E-state index contributed by atoms with van der Waals surface area (Å²) >= 11 is 0. The Balaban J connectivity index is 0.962. The van der Waals surface area contributed by atoms with Gasteiger partial charge in [-0.05, 0) is 81.3 Å². The van der Waals surface area contributed by atoms with Crippen LogP contribution in [0.1, 0.15) is 263 Å². The maximum Gasteiger partial charge on any atom is 0.311 e. The van der Waals surface area contributed by atoms with E-state index in [1.54, 1.807) is 0 Å². The van der Waals surface area contributed by atoms with Crippen LogP contribution in [0.3, 0.4) is 0 Å². The molecule has 6 heteroatoms. The molecule has 0 heterocycles. The number of hydrogen-bond acceptors (Lipinski definition) is 6. The first-order chi connectivity index (χ1) is 37.4. The number of carbonyl (C=O) groups excluding carboxylic acids is 4. The molecule has 1 unspecified atom stereocenters. The Bertz CT molecular complexity index is 3050. The van der Waals surface area contributed by atoms with E-state index in [-0.39, 0.29) is 36.3 Å². The SMILES string of the molecule is CCCCCCCCCCCCCCCCCC(=O)Oc1cc2c3c4c(c5ccc6c7c(cc(OC(=O)CCCCCCCCCCCCCCCCC)c(c14)c75)-c1ccccc1C6=O)=CCC3C(=O)c1ccccc1-2. The Morgan fingerprint density at radius 2 is 0.816 bits per heavy atom. The summed E-state index contributed by atoms with van der Waals surface area (Å²) in [6.07, 6.45) is 40.6. The maximum atomic E-state index is 14.5. The number of Topliss-reactive ketones (excluding diaryl/α,β-unsaturated/α-hetero) is 1. The molecule has 76 heavy (non-hydrogen) atoms. The Kier molecular flexibility index (Phi) is 20.0. The summed E-state index contributed by atoms with van der Waals surface area (Å²) in [5.74, 6) is -0.236. The van der Waals surface area contributed by atoms with Crippen LogP contribution >= 0.6 is 0 Å². The van der Waals surface area contributed by atoms with E-state index in [0.717, 1.165) is 93.1 Å². The van der Waals surface area contributed by atoms with Gasteiger partial charge in [-0.15, -0.1) is 0 Å². The molecule has 0 radical (unpaired) electrons. The lowest BCUT2D eigenvalue weighted by molar-refractivity contribution is -0.135. The van der Waals surface area contributed by atoms with Crippen molar-refractivity contribution in [3.8, 4) is 33.8 Å². The van der Waals surface area contributed by atoms with Crippen molar-refractivity contribution in [3.05, 3.63) is 100 Å². The summed E-state index contributed by atoms with van der Waals surface area (Å²) in [5.41, 5.74) is 6.17. The predicted octanol–water partition coefficient (Wildman–Crippen LogP) is 19.5. The summed E-state index contributed by atoms with van der Waals surface area (Å²) in [4.78, 5) is 57.4. The lowest BCUT2D eigenvalue weighted by atomic mass is 9.70. The molecule has 0 fully saturated rings. The number of esters is 2. The standard InChI is InChI=1S/C70H86O6/c1-3-5-7-9-11-13-15-17-19-21-23-25-27-29-31-41-61(71)75-59-47-57-49-37-33-35-39-53(49)69(73)55-45-43-51-52-44-46-56-64-58(50-38-34-36-40-54(50)70(56)74)48-60(68(66(52)64)67(59)65(51)63(55)57)76-62(72)42-32-30-28-26-24-22-20-18-16-14-12-10-8-6-4-2/h33-40,43-45,47-48,56H,3-32,41-42,46H2,1-2H3. The zero-order valence-electron chi connectivity index (χ0n) is 46.4. The van der Waals surface area contributed by atoms with E-state index in [0.29, 0.717) is 45.4 Å². The van der Waals surface area contributed by atoms with E-state index in [2.05, 4.69) is 19.9 Å². The smallest absolute Gasteiger partial charge is 0.311 e. The van der Waals surface area contributed by atoms with Crippen LogP contribution in [0.2, 0.25) is 0 Å². The molecule has 0 aromatic heterocycles. The molecule has 0 spiro atoms. The lowest BCUT2D eigenvalue weighted by Gasteiger charge is -2.32. The summed E-state index contributed by atoms with van der Waals surface area (Å²) in [7, 11) is 0. The average molecular weight is 1020 g/mol. The molecule has 0 amide bonds. The number of carbonyl (C=O) groups is 4. The van der Waals surface area contributed by atoms with E-state index in [1.165, 1.54) is 154 Å². The molecule has 6 aromatic rings. The fourth-order valence-electron chi connectivity index (χ4n) is 13.1. The minimum absolute atomic E-state index is 0.0511. The van der Waals surface area contributed by atoms with Crippen LogP contribution in [0.5, 0.6) is 11.5 Å². The number of ketones is 2. The summed E-state index contributed by atoms with van der Waals surface area (Å²) in [6.45, 7) is 4.55. The van der Waals surface area contributed by atoms with E-state index in [4.69, 9.17) is 9.47 Å². The van der Waals surface area contributed by atoms with Gasteiger partial charge in [-0.2, -0.15) is 0 Å². The third-order valence-electron chi connectivity index (χ3n) is 17.2. The van der Waals surface area contributed by atoms with Gasteiger partial charge in [-0.25, -0.2) is 0 Å². The number of hydrogen-bond donors (Lipinski definition) is 0. The van der Waals surface area contributed by atoms with Crippen LogP contribution < -0.4 is 14.7 Å². The Hall–Kier alpha value is -5.62. The molecule has 6 aromatic carbocycles. The van der Waals surface area contributed by atoms with E-state index < -0.39 is 5.92 Å². The minimum Gasteiger partial charge on any atom is -0.426 e. The molecular weight excluding hydrogens is 937 g/mol. The van der Waals surface area contributed by atoms with Gasteiger partial charge in [0.1, 0.15) is 11.5 Å². The summed E-state index contributed by atoms with van der Waals surface area (Å²) in [6, 6.07) is 23.4. The van der Waals surface area contributed by atoms with Gasteiger partial charge in [0, 0.05) is 51.1 Å². The Morgan fingerprint density at radius 1 is 0.408 bits per heavy atom. The van der Waals surface area contributed by atoms with Crippen molar-refractivity contribution in [2.45, 2.75) is 232 Å². The zero-order chi connectivity index (χ0) is 52.6. The summed E-state index contributed by atoms with van der Waals surface area (Å²) < 4.78 is 13.3. The van der Waals surface area contributed by atoms with Crippen molar-refractivity contribution in [2.75, 3.05) is 0 Å². The van der Waals surface area contributed by atoms with Gasteiger partial charge in [0.25, 0.3) is 0 Å². The van der Waals surface area contributed by atoms with Crippen LogP contribution in [-0.4, -0.2) is 23.5 Å². The highest BCUT2D eigenvalue weighted by molar-refractivity contribution is 6.36. The number of rotatable bonds is 34. The van der Waals surface area contributed by atoms with E-state index in [9.17, 15) is 19.2 Å². The molecule has 0 saturated carbocycles. The molecule has 3 aliphatic rings. The van der Waals surface area contributed by atoms with Crippen molar-refractivity contribution in [1.82, 2.24) is 0 Å². The molecule has 0 N–H and O–H groups in total. The molecule has 6 nitrogen and oxygen atoms in total. The van der Waals surface area contributed by atoms with Crippen LogP contribution in [-0.2, 0) is 9.59 Å². The first kappa shape index (κ1) is 55.1. The van der Waals surface area contributed by atoms with Crippen LogP contribution in [0.4, 0.5) is 0 Å². The second-order valence-electron chi connectivity index (χ2n) is 22.8. The van der Waals surface area contributed by atoms with Crippen molar-refractivity contribution in [2.24, 2.45) is 0 Å². The largest absolute Gasteiger partial charge is 0.426 e. The topological polar surface area (TPSA) is 86.7 Å². The highest BCUT2D eigenvalue weighted by Crippen LogP contribution is 2.54. The van der Waals surface area contributed by atoms with Gasteiger partial charge in [-0.1, -0.05) is 254 Å². The minimum atomic E-state index is -0.425. The number of fused-ring (bicyclic) bond motifs is 6. The quantitative estimate of drug-likeness (QED) is 0.0131.